The lowest BCUT2D eigenvalue weighted by Crippen LogP contribution is -2.42. The first kappa shape index (κ1) is 24.4. The predicted octanol–water partition coefficient (Wildman–Crippen LogP) is 3.38. The Morgan fingerprint density at radius 3 is 2.25 bits per heavy atom. The Morgan fingerprint density at radius 1 is 1.03 bits per heavy atom. The zero-order valence-electron chi connectivity index (χ0n) is 18.3. The Hall–Kier alpha value is -3.88. The number of hydrogen-bond acceptors (Lipinski definition) is 6. The second-order valence-corrected chi connectivity index (χ2v) is 7.99. The van der Waals surface area contributed by atoms with Crippen LogP contribution in [0.4, 0.5) is 10.5 Å². The van der Waals surface area contributed by atoms with E-state index in [0.29, 0.717) is 0 Å². The Morgan fingerprint density at radius 2 is 1.69 bits per heavy atom. The molecule has 2 aromatic carbocycles. The Balaban J connectivity index is 2.23. The minimum atomic E-state index is -1.21. The maximum absolute atomic E-state index is 12.8. The summed E-state index contributed by atoms with van der Waals surface area (Å²) in [6, 6.07) is 11.7. The fourth-order valence-corrected chi connectivity index (χ4v) is 2.73. The first-order valence-electron chi connectivity index (χ1n) is 9.84. The summed E-state index contributed by atoms with van der Waals surface area (Å²) in [5.41, 5.74) is 0.186. The Kier molecular flexibility index (Phi) is 7.95. The van der Waals surface area contributed by atoms with Crippen LogP contribution in [-0.2, 0) is 20.7 Å². The number of aliphatic carboxylic acids is 1. The molecule has 0 radical (unpaired) electrons. The molecule has 1 atom stereocenters. The van der Waals surface area contributed by atoms with Gasteiger partial charge in [0, 0.05) is 25.1 Å². The van der Waals surface area contributed by atoms with E-state index in [1.807, 2.05) is 0 Å². The molecule has 0 fully saturated rings. The number of ether oxygens (including phenoxy) is 2. The van der Waals surface area contributed by atoms with Gasteiger partial charge in [-0.2, -0.15) is 0 Å². The Bertz CT molecular complexity index is 997. The number of carbonyl (C=O) groups is 4. The normalized spacial score (nSPS) is 11.8. The molecule has 0 bridgehead atoms. The molecular formula is C23H26N2O7. The molecule has 32 heavy (non-hydrogen) atoms. The number of rotatable bonds is 7. The van der Waals surface area contributed by atoms with Crippen molar-refractivity contribution in [3.05, 3.63) is 59.7 Å². The molecule has 9 nitrogen and oxygen atoms in total. The number of anilines is 1. The van der Waals surface area contributed by atoms with Crippen molar-refractivity contribution in [2.45, 2.75) is 45.8 Å². The maximum Gasteiger partial charge on any atom is 0.412 e. The fourth-order valence-electron chi connectivity index (χ4n) is 2.73. The van der Waals surface area contributed by atoms with Gasteiger partial charge in [0.05, 0.1) is 5.56 Å². The molecule has 2 aromatic rings. The summed E-state index contributed by atoms with van der Waals surface area (Å²) in [7, 11) is 0. The van der Waals surface area contributed by atoms with Crippen LogP contribution in [-0.4, -0.2) is 40.7 Å². The smallest absolute Gasteiger partial charge is 0.412 e. The molecule has 170 valence electrons. The number of carboxylic acids is 1. The maximum atomic E-state index is 12.8. The molecular weight excluding hydrogens is 416 g/mol. The summed E-state index contributed by atoms with van der Waals surface area (Å²) in [5.74, 6) is -2.77. The largest absolute Gasteiger partial charge is 0.480 e. The molecule has 0 unspecified atom stereocenters. The van der Waals surface area contributed by atoms with Gasteiger partial charge in [0.15, 0.2) is 0 Å². The summed E-state index contributed by atoms with van der Waals surface area (Å²) in [6.45, 7) is 6.28. The molecule has 0 aliphatic carbocycles. The van der Waals surface area contributed by atoms with Crippen molar-refractivity contribution in [1.82, 2.24) is 5.32 Å². The van der Waals surface area contributed by atoms with Crippen LogP contribution in [0, 0.1) is 0 Å². The summed E-state index contributed by atoms with van der Waals surface area (Å²) < 4.78 is 10.3. The van der Waals surface area contributed by atoms with Crippen LogP contribution in [0.15, 0.2) is 48.5 Å². The van der Waals surface area contributed by atoms with Gasteiger partial charge in [0.25, 0.3) is 5.91 Å². The average Bonchev–Trinajstić information content (AvgIpc) is 2.66. The van der Waals surface area contributed by atoms with E-state index in [4.69, 9.17) is 9.47 Å². The monoisotopic (exact) mass is 442 g/mol. The quantitative estimate of drug-likeness (QED) is 0.442. The lowest BCUT2D eigenvalue weighted by Gasteiger charge is -2.20. The van der Waals surface area contributed by atoms with Gasteiger partial charge in [-0.3, -0.25) is 14.9 Å². The van der Waals surface area contributed by atoms with Gasteiger partial charge >= 0.3 is 18.0 Å². The number of hydrogen-bond donors (Lipinski definition) is 3. The zero-order valence-corrected chi connectivity index (χ0v) is 18.3. The third-order valence-corrected chi connectivity index (χ3v) is 4.01. The topological polar surface area (TPSA) is 131 Å². The molecule has 0 aromatic heterocycles. The summed E-state index contributed by atoms with van der Waals surface area (Å²) in [6.07, 6.45) is -0.652. The number of carboxylic acid groups (broad SMARTS) is 1. The van der Waals surface area contributed by atoms with Crippen molar-refractivity contribution >= 4 is 29.6 Å². The summed E-state index contributed by atoms with van der Waals surface area (Å²) >= 11 is 0. The van der Waals surface area contributed by atoms with Crippen LogP contribution < -0.4 is 15.4 Å². The minimum absolute atomic E-state index is 0.0609. The summed E-state index contributed by atoms with van der Waals surface area (Å²) in [4.78, 5) is 48.0. The fraction of sp³-hybridized carbons (Fsp3) is 0.304. The van der Waals surface area contributed by atoms with Crippen molar-refractivity contribution in [2.75, 3.05) is 5.32 Å². The highest BCUT2D eigenvalue weighted by Gasteiger charge is 2.24. The number of nitrogens with one attached hydrogen (secondary N) is 2. The minimum Gasteiger partial charge on any atom is -0.480 e. The van der Waals surface area contributed by atoms with E-state index in [9.17, 15) is 24.3 Å². The molecule has 2 rings (SSSR count). The average molecular weight is 442 g/mol. The van der Waals surface area contributed by atoms with Crippen LogP contribution in [0.3, 0.4) is 0 Å². The van der Waals surface area contributed by atoms with Crippen molar-refractivity contribution in [3.63, 3.8) is 0 Å². The van der Waals surface area contributed by atoms with Crippen molar-refractivity contribution < 1.29 is 33.8 Å². The van der Waals surface area contributed by atoms with E-state index >= 15 is 0 Å². The molecule has 0 spiro atoms. The number of benzene rings is 2. The van der Waals surface area contributed by atoms with Crippen LogP contribution in [0.5, 0.6) is 5.75 Å². The first-order chi connectivity index (χ1) is 14.9. The van der Waals surface area contributed by atoms with E-state index in [0.717, 1.165) is 12.5 Å². The number of esters is 1. The highest BCUT2D eigenvalue weighted by molar-refractivity contribution is 6.00. The van der Waals surface area contributed by atoms with Crippen LogP contribution >= 0.6 is 0 Å². The van der Waals surface area contributed by atoms with Gasteiger partial charge in [-0.25, -0.2) is 9.59 Å². The highest BCUT2D eigenvalue weighted by atomic mass is 16.6. The Labute approximate surface area is 185 Å². The third kappa shape index (κ3) is 7.75. The lowest BCUT2D eigenvalue weighted by molar-refractivity contribution is -0.139. The van der Waals surface area contributed by atoms with E-state index in [2.05, 4.69) is 10.6 Å². The van der Waals surface area contributed by atoms with E-state index in [-0.39, 0.29) is 23.4 Å². The van der Waals surface area contributed by atoms with Crippen molar-refractivity contribution in [1.29, 1.82) is 0 Å². The molecule has 0 saturated heterocycles. The molecule has 0 heterocycles. The summed E-state index contributed by atoms with van der Waals surface area (Å²) in [5, 5.41) is 14.5. The highest BCUT2D eigenvalue weighted by Crippen LogP contribution is 2.25. The van der Waals surface area contributed by atoms with E-state index in [1.54, 1.807) is 51.1 Å². The van der Waals surface area contributed by atoms with Crippen LogP contribution in [0.2, 0.25) is 0 Å². The van der Waals surface area contributed by atoms with Crippen LogP contribution in [0.25, 0.3) is 0 Å². The second-order valence-electron chi connectivity index (χ2n) is 7.99. The van der Waals surface area contributed by atoms with Gasteiger partial charge < -0.3 is 19.9 Å². The molecule has 9 heteroatoms. The zero-order chi connectivity index (χ0) is 23.9. The number of carbonyl (C=O) groups excluding carboxylic acids is 3. The first-order valence-corrected chi connectivity index (χ1v) is 9.84. The van der Waals surface area contributed by atoms with E-state index in [1.165, 1.54) is 18.2 Å². The molecule has 0 aliphatic rings. The predicted molar refractivity (Wildman–Crippen MR) is 117 cm³/mol. The van der Waals surface area contributed by atoms with Crippen molar-refractivity contribution in [3.8, 4) is 5.75 Å². The molecule has 0 aliphatic heterocycles. The van der Waals surface area contributed by atoms with Gasteiger partial charge in [-0.15, -0.1) is 0 Å². The lowest BCUT2D eigenvalue weighted by atomic mass is 10.1. The van der Waals surface area contributed by atoms with Crippen LogP contribution in [0.1, 0.15) is 43.6 Å². The van der Waals surface area contributed by atoms with Gasteiger partial charge in [-0.05, 0) is 38.5 Å². The van der Waals surface area contributed by atoms with Gasteiger partial charge in [0.1, 0.15) is 17.4 Å². The number of amides is 2. The van der Waals surface area contributed by atoms with E-state index < -0.39 is 35.6 Å². The van der Waals surface area contributed by atoms with Gasteiger partial charge in [0.2, 0.25) is 0 Å². The third-order valence-electron chi connectivity index (χ3n) is 4.01. The van der Waals surface area contributed by atoms with Gasteiger partial charge in [-0.1, -0.05) is 30.3 Å². The molecule has 2 amide bonds. The standard InChI is InChI=1S/C23H26N2O7/c1-14(26)31-19-13-16(24-22(30)32-23(2,3)4)10-11-17(19)20(27)25-18(21(28)29)12-15-8-6-5-7-9-15/h5-11,13,18H,12H2,1-4H3,(H,24,30)(H,25,27)(H,28,29)/t18-/m1/s1. The molecule has 3 N–H and O–H groups in total. The molecule has 0 saturated carbocycles. The van der Waals surface area contributed by atoms with Crippen molar-refractivity contribution in [2.24, 2.45) is 0 Å². The SMILES string of the molecule is CC(=O)Oc1cc(NC(=O)OC(C)(C)C)ccc1C(=O)N[C@H](Cc1ccccc1)C(=O)O. The second kappa shape index (κ2) is 10.4.